The third kappa shape index (κ3) is 4.05. The van der Waals surface area contributed by atoms with E-state index >= 15 is 0 Å². The summed E-state index contributed by atoms with van der Waals surface area (Å²) >= 11 is 0. The zero-order valence-corrected chi connectivity index (χ0v) is 14.2. The largest absolute Gasteiger partial charge is 0.326 e. The van der Waals surface area contributed by atoms with E-state index in [1.165, 1.54) is 6.07 Å². The van der Waals surface area contributed by atoms with E-state index in [1.54, 1.807) is 24.3 Å². The van der Waals surface area contributed by atoms with Gasteiger partial charge >= 0.3 is 0 Å². The molecule has 0 saturated carbocycles. The molecule has 3 rings (SSSR count). The monoisotopic (exact) mass is 340 g/mol. The molecule has 0 spiro atoms. The number of hydrogen-bond acceptors (Lipinski definition) is 2. The van der Waals surface area contributed by atoms with Gasteiger partial charge in [0.25, 0.3) is 0 Å². The third-order valence-corrected chi connectivity index (χ3v) is 4.40. The predicted octanol–water partition coefficient (Wildman–Crippen LogP) is 3.83. The lowest BCUT2D eigenvalue weighted by Crippen LogP contribution is -2.35. The summed E-state index contributed by atoms with van der Waals surface area (Å²) in [5.41, 5.74) is 2.83. The molecule has 1 heterocycles. The van der Waals surface area contributed by atoms with Crippen LogP contribution < -0.4 is 10.2 Å². The highest BCUT2D eigenvalue weighted by Gasteiger charge is 2.21. The van der Waals surface area contributed by atoms with Gasteiger partial charge in [0, 0.05) is 24.3 Å². The van der Waals surface area contributed by atoms with Crippen molar-refractivity contribution >= 4 is 23.2 Å². The maximum Gasteiger partial charge on any atom is 0.228 e. The van der Waals surface area contributed by atoms with Gasteiger partial charge in [-0.15, -0.1) is 0 Å². The summed E-state index contributed by atoms with van der Waals surface area (Å²) in [4.78, 5) is 26.0. The van der Waals surface area contributed by atoms with Crippen molar-refractivity contribution in [2.24, 2.45) is 0 Å². The van der Waals surface area contributed by atoms with Gasteiger partial charge in [0.1, 0.15) is 5.82 Å². The number of rotatable bonds is 4. The highest BCUT2D eigenvalue weighted by Crippen LogP contribution is 2.27. The number of amides is 2. The van der Waals surface area contributed by atoms with Gasteiger partial charge in [-0.25, -0.2) is 4.39 Å². The second-order valence-corrected chi connectivity index (χ2v) is 6.32. The molecule has 0 atom stereocenters. The molecule has 1 aliphatic heterocycles. The molecule has 2 amide bonds. The molecule has 0 bridgehead atoms. The molecule has 2 aromatic rings. The molecule has 1 N–H and O–H groups in total. The first-order chi connectivity index (χ1) is 12.0. The first-order valence-electron chi connectivity index (χ1n) is 8.49. The third-order valence-electron chi connectivity index (χ3n) is 4.40. The number of piperidine rings is 1. The van der Waals surface area contributed by atoms with Gasteiger partial charge in [-0.1, -0.05) is 18.2 Å². The average Bonchev–Trinajstić information content (AvgIpc) is 2.58. The van der Waals surface area contributed by atoms with Gasteiger partial charge in [0.05, 0.1) is 6.42 Å². The van der Waals surface area contributed by atoms with Gasteiger partial charge in [0.15, 0.2) is 0 Å². The van der Waals surface area contributed by atoms with Crippen LogP contribution in [0.3, 0.4) is 0 Å². The van der Waals surface area contributed by atoms with E-state index in [1.807, 2.05) is 24.0 Å². The van der Waals surface area contributed by atoms with E-state index in [2.05, 4.69) is 5.32 Å². The average molecular weight is 340 g/mol. The second-order valence-electron chi connectivity index (χ2n) is 6.32. The Bertz CT molecular complexity index is 804. The van der Waals surface area contributed by atoms with Gasteiger partial charge < -0.3 is 10.2 Å². The van der Waals surface area contributed by atoms with Crippen LogP contribution in [0.25, 0.3) is 0 Å². The number of nitrogens with zero attached hydrogens (tertiary/aromatic N) is 1. The van der Waals surface area contributed by atoms with Crippen LogP contribution in [0.5, 0.6) is 0 Å². The maximum atomic E-state index is 13.6. The van der Waals surface area contributed by atoms with Crippen molar-refractivity contribution in [3.8, 4) is 0 Å². The molecule has 0 aliphatic carbocycles. The Morgan fingerprint density at radius 2 is 2.00 bits per heavy atom. The van der Waals surface area contributed by atoms with Crippen molar-refractivity contribution in [3.05, 3.63) is 59.4 Å². The Labute approximate surface area is 146 Å². The van der Waals surface area contributed by atoms with E-state index in [0.29, 0.717) is 17.7 Å². The Kier molecular flexibility index (Phi) is 5.12. The molecule has 1 fully saturated rings. The number of carbonyl (C=O) groups excluding carboxylic acids is 2. The number of anilines is 2. The van der Waals surface area contributed by atoms with Crippen LogP contribution in [0.15, 0.2) is 42.5 Å². The number of halogens is 1. The standard InChI is InChI=1S/C20H21FN2O2/c1-14-12-16(9-10-18(14)23-11-5-4-8-20(23)25)22-19(24)13-15-6-2-3-7-17(15)21/h2-3,6-7,9-10,12H,4-5,8,11,13H2,1H3,(H,22,24). The highest BCUT2D eigenvalue weighted by atomic mass is 19.1. The Morgan fingerprint density at radius 1 is 1.20 bits per heavy atom. The van der Waals surface area contributed by atoms with E-state index in [9.17, 15) is 14.0 Å². The minimum atomic E-state index is -0.382. The lowest BCUT2D eigenvalue weighted by Gasteiger charge is -2.28. The SMILES string of the molecule is Cc1cc(NC(=O)Cc2ccccc2F)ccc1N1CCCCC1=O. The molecule has 1 saturated heterocycles. The van der Waals surface area contributed by atoms with Crippen LogP contribution in [0.4, 0.5) is 15.8 Å². The molecule has 5 heteroatoms. The quantitative estimate of drug-likeness (QED) is 0.919. The van der Waals surface area contributed by atoms with Crippen molar-refractivity contribution in [3.63, 3.8) is 0 Å². The van der Waals surface area contributed by atoms with Crippen molar-refractivity contribution in [1.29, 1.82) is 0 Å². The van der Waals surface area contributed by atoms with E-state index in [-0.39, 0.29) is 24.1 Å². The molecule has 0 aromatic heterocycles. The summed E-state index contributed by atoms with van der Waals surface area (Å²) in [6, 6.07) is 11.7. The minimum absolute atomic E-state index is 0.0158. The van der Waals surface area contributed by atoms with Crippen molar-refractivity contribution < 1.29 is 14.0 Å². The van der Waals surface area contributed by atoms with Gasteiger partial charge in [0.2, 0.25) is 11.8 Å². The smallest absolute Gasteiger partial charge is 0.228 e. The summed E-state index contributed by atoms with van der Waals surface area (Å²) < 4.78 is 13.6. The molecule has 4 nitrogen and oxygen atoms in total. The van der Waals surface area contributed by atoms with Gasteiger partial charge in [-0.05, 0) is 55.2 Å². The van der Waals surface area contributed by atoms with Crippen LogP contribution in [-0.2, 0) is 16.0 Å². The fraction of sp³-hybridized carbons (Fsp3) is 0.300. The Morgan fingerprint density at radius 3 is 2.72 bits per heavy atom. The molecular formula is C20H21FN2O2. The Hall–Kier alpha value is -2.69. The number of hydrogen-bond donors (Lipinski definition) is 1. The van der Waals surface area contributed by atoms with E-state index < -0.39 is 0 Å². The number of aryl methyl sites for hydroxylation is 1. The summed E-state index contributed by atoms with van der Waals surface area (Å²) in [5.74, 6) is -0.509. The summed E-state index contributed by atoms with van der Waals surface area (Å²) in [5, 5.41) is 2.79. The number of nitrogens with one attached hydrogen (secondary N) is 1. The fourth-order valence-electron chi connectivity index (χ4n) is 3.12. The van der Waals surface area contributed by atoms with Crippen LogP contribution in [0.2, 0.25) is 0 Å². The van der Waals surface area contributed by atoms with Crippen molar-refractivity contribution in [2.45, 2.75) is 32.6 Å². The fourth-order valence-corrected chi connectivity index (χ4v) is 3.12. The summed E-state index contributed by atoms with van der Waals surface area (Å²) in [6.07, 6.45) is 2.52. The highest BCUT2D eigenvalue weighted by molar-refractivity contribution is 5.96. The lowest BCUT2D eigenvalue weighted by molar-refractivity contribution is -0.119. The summed E-state index contributed by atoms with van der Waals surface area (Å²) in [6.45, 7) is 2.66. The van der Waals surface area contributed by atoms with Crippen LogP contribution >= 0.6 is 0 Å². The molecule has 130 valence electrons. The summed E-state index contributed by atoms with van der Waals surface area (Å²) in [7, 11) is 0. The normalized spacial score (nSPS) is 14.5. The first kappa shape index (κ1) is 17.1. The lowest BCUT2D eigenvalue weighted by atomic mass is 10.1. The van der Waals surface area contributed by atoms with Crippen molar-refractivity contribution in [1.82, 2.24) is 0 Å². The second kappa shape index (κ2) is 7.47. The molecular weight excluding hydrogens is 319 g/mol. The topological polar surface area (TPSA) is 49.4 Å². The van der Waals surface area contributed by atoms with E-state index in [0.717, 1.165) is 30.6 Å². The number of carbonyl (C=O) groups is 2. The maximum absolute atomic E-state index is 13.6. The minimum Gasteiger partial charge on any atom is -0.326 e. The zero-order chi connectivity index (χ0) is 17.8. The van der Waals surface area contributed by atoms with Crippen LogP contribution in [-0.4, -0.2) is 18.4 Å². The molecule has 1 aliphatic rings. The van der Waals surface area contributed by atoms with Gasteiger partial charge in [-0.3, -0.25) is 9.59 Å². The molecule has 0 unspecified atom stereocenters. The molecule has 2 aromatic carbocycles. The number of benzene rings is 2. The first-order valence-corrected chi connectivity index (χ1v) is 8.49. The molecule has 0 radical (unpaired) electrons. The van der Waals surface area contributed by atoms with Crippen molar-refractivity contribution in [2.75, 3.05) is 16.8 Å². The zero-order valence-electron chi connectivity index (χ0n) is 14.2. The van der Waals surface area contributed by atoms with Crippen LogP contribution in [0, 0.1) is 12.7 Å². The molecule has 25 heavy (non-hydrogen) atoms. The predicted molar refractivity (Wildman–Crippen MR) is 96.1 cm³/mol. The Balaban J connectivity index is 1.69. The van der Waals surface area contributed by atoms with Gasteiger partial charge in [-0.2, -0.15) is 0 Å². The van der Waals surface area contributed by atoms with E-state index in [4.69, 9.17) is 0 Å². The van der Waals surface area contributed by atoms with Crippen LogP contribution in [0.1, 0.15) is 30.4 Å².